The highest BCUT2D eigenvalue weighted by Crippen LogP contribution is 2.34. The average molecular weight is 332 g/mol. The number of nitrogens with zero attached hydrogens (tertiary/aromatic N) is 2. The van der Waals surface area contributed by atoms with Crippen LogP contribution in [0.1, 0.15) is 0 Å². The van der Waals surface area contributed by atoms with E-state index in [1.54, 1.807) is 24.2 Å². The number of benzene rings is 1. The van der Waals surface area contributed by atoms with Gasteiger partial charge in [-0.1, -0.05) is 11.8 Å². The van der Waals surface area contributed by atoms with E-state index in [2.05, 4.69) is 25.9 Å². The lowest BCUT2D eigenvalue weighted by Crippen LogP contribution is -1.92. The average Bonchev–Trinajstić information content (AvgIpc) is 2.45. The number of halogens is 1. The Morgan fingerprint density at radius 2 is 1.95 bits per heavy atom. The van der Waals surface area contributed by atoms with Crippen LogP contribution in [0.15, 0.2) is 63.2 Å². The van der Waals surface area contributed by atoms with Crippen LogP contribution in [0.5, 0.6) is 0 Å². The summed E-state index contributed by atoms with van der Waals surface area (Å²) in [6.45, 7) is 0. The first kappa shape index (κ1) is 12.4. The van der Waals surface area contributed by atoms with Crippen molar-refractivity contribution in [1.82, 2.24) is 9.97 Å². The molecule has 2 heterocycles. The fourth-order valence-electron chi connectivity index (χ4n) is 1.78. The minimum Gasteiger partial charge on any atom is -0.397 e. The quantitative estimate of drug-likeness (QED) is 0.717. The van der Waals surface area contributed by atoms with Crippen molar-refractivity contribution >= 4 is 44.3 Å². The van der Waals surface area contributed by atoms with Gasteiger partial charge in [-0.15, -0.1) is 0 Å². The maximum atomic E-state index is 6.20. The molecule has 0 fully saturated rings. The molecule has 0 amide bonds. The number of pyridine rings is 2. The molecule has 2 N–H and O–H groups in total. The highest BCUT2D eigenvalue weighted by atomic mass is 79.9. The Morgan fingerprint density at radius 3 is 2.74 bits per heavy atom. The Balaban J connectivity index is 2.01. The van der Waals surface area contributed by atoms with Gasteiger partial charge < -0.3 is 5.73 Å². The van der Waals surface area contributed by atoms with Gasteiger partial charge >= 0.3 is 0 Å². The van der Waals surface area contributed by atoms with Crippen molar-refractivity contribution in [2.24, 2.45) is 0 Å². The number of hydrogen-bond acceptors (Lipinski definition) is 4. The number of nitrogen functional groups attached to an aromatic ring is 1. The third-order valence-corrected chi connectivity index (χ3v) is 4.20. The molecule has 0 aliphatic carbocycles. The van der Waals surface area contributed by atoms with E-state index in [1.165, 1.54) is 0 Å². The van der Waals surface area contributed by atoms with E-state index >= 15 is 0 Å². The number of fused-ring (bicyclic) bond motifs is 1. The summed E-state index contributed by atoms with van der Waals surface area (Å²) in [6, 6.07) is 11.8. The molecular weight excluding hydrogens is 322 g/mol. The van der Waals surface area contributed by atoms with Gasteiger partial charge in [0.15, 0.2) is 0 Å². The molecule has 0 aliphatic heterocycles. The van der Waals surface area contributed by atoms with Crippen LogP contribution in [0.3, 0.4) is 0 Å². The summed E-state index contributed by atoms with van der Waals surface area (Å²) in [4.78, 5) is 9.63. The van der Waals surface area contributed by atoms with Gasteiger partial charge in [0.2, 0.25) is 0 Å². The highest BCUT2D eigenvalue weighted by molar-refractivity contribution is 9.10. The fraction of sp³-hybridized carbons (Fsp3) is 0. The topological polar surface area (TPSA) is 51.8 Å². The monoisotopic (exact) mass is 331 g/mol. The highest BCUT2D eigenvalue weighted by Gasteiger charge is 2.07. The van der Waals surface area contributed by atoms with Crippen LogP contribution in [0.25, 0.3) is 10.9 Å². The normalized spacial score (nSPS) is 10.8. The third-order valence-electron chi connectivity index (χ3n) is 2.70. The summed E-state index contributed by atoms with van der Waals surface area (Å²) in [5.74, 6) is 0. The van der Waals surface area contributed by atoms with Gasteiger partial charge in [0.05, 0.1) is 11.2 Å². The Morgan fingerprint density at radius 1 is 1.05 bits per heavy atom. The Kier molecular flexibility index (Phi) is 3.40. The zero-order chi connectivity index (χ0) is 13.2. The summed E-state index contributed by atoms with van der Waals surface area (Å²) in [5.41, 5.74) is 7.86. The van der Waals surface area contributed by atoms with Crippen LogP contribution in [0, 0.1) is 0 Å². The van der Waals surface area contributed by atoms with Crippen molar-refractivity contribution in [2.75, 3.05) is 5.73 Å². The van der Waals surface area contributed by atoms with Crippen LogP contribution in [0.2, 0.25) is 0 Å². The predicted molar refractivity (Wildman–Crippen MR) is 82.2 cm³/mol. The van der Waals surface area contributed by atoms with Crippen molar-refractivity contribution < 1.29 is 0 Å². The first-order valence-electron chi connectivity index (χ1n) is 5.66. The van der Waals surface area contributed by atoms with Crippen molar-refractivity contribution in [3.63, 3.8) is 0 Å². The van der Waals surface area contributed by atoms with Crippen LogP contribution in [-0.4, -0.2) is 9.97 Å². The SMILES string of the molecule is Nc1c(Sc2ccc(Br)cn2)ccc2ncccc12. The predicted octanol–water partition coefficient (Wildman–Crippen LogP) is 4.13. The molecule has 19 heavy (non-hydrogen) atoms. The Bertz CT molecular complexity index is 728. The second kappa shape index (κ2) is 5.19. The second-order valence-electron chi connectivity index (χ2n) is 3.96. The Labute approximate surface area is 123 Å². The lowest BCUT2D eigenvalue weighted by Gasteiger charge is -2.07. The second-order valence-corrected chi connectivity index (χ2v) is 5.94. The van der Waals surface area contributed by atoms with Gasteiger partial charge in [0.1, 0.15) is 5.03 Å². The number of aromatic nitrogens is 2. The number of rotatable bonds is 2. The zero-order valence-corrected chi connectivity index (χ0v) is 12.3. The summed E-state index contributed by atoms with van der Waals surface area (Å²) >= 11 is 4.93. The van der Waals surface area contributed by atoms with E-state index in [9.17, 15) is 0 Å². The van der Waals surface area contributed by atoms with Gasteiger partial charge in [0, 0.05) is 27.1 Å². The molecule has 3 nitrogen and oxygen atoms in total. The molecule has 0 aliphatic rings. The summed E-state index contributed by atoms with van der Waals surface area (Å²) in [7, 11) is 0. The van der Waals surface area contributed by atoms with Crippen LogP contribution in [-0.2, 0) is 0 Å². The fourth-order valence-corrected chi connectivity index (χ4v) is 2.84. The molecule has 0 spiro atoms. The molecule has 3 rings (SSSR count). The van der Waals surface area contributed by atoms with Crippen molar-refractivity contribution in [2.45, 2.75) is 9.92 Å². The molecule has 0 unspecified atom stereocenters. The maximum Gasteiger partial charge on any atom is 0.101 e. The molecule has 0 saturated heterocycles. The van der Waals surface area contributed by atoms with E-state index in [1.807, 2.05) is 36.4 Å². The standard InChI is InChI=1S/C14H10BrN3S/c15-9-3-6-13(18-8-9)19-12-5-4-11-10(14(12)16)2-1-7-17-11/h1-8H,16H2. The largest absolute Gasteiger partial charge is 0.397 e. The van der Waals surface area contributed by atoms with Gasteiger partial charge in [-0.3, -0.25) is 4.98 Å². The molecule has 0 radical (unpaired) electrons. The minimum atomic E-state index is 0.750. The maximum absolute atomic E-state index is 6.20. The number of hydrogen-bond donors (Lipinski definition) is 1. The third kappa shape index (κ3) is 2.57. The number of nitrogens with two attached hydrogens (primary N) is 1. The first-order chi connectivity index (χ1) is 9.24. The van der Waals surface area contributed by atoms with Gasteiger partial charge in [-0.05, 0) is 52.3 Å². The molecule has 3 aromatic rings. The number of anilines is 1. The molecule has 0 atom stereocenters. The van der Waals surface area contributed by atoms with E-state index in [-0.39, 0.29) is 0 Å². The molecule has 0 saturated carbocycles. The molecule has 94 valence electrons. The summed E-state index contributed by atoms with van der Waals surface area (Å²) < 4.78 is 0.965. The van der Waals surface area contributed by atoms with E-state index in [0.717, 1.165) is 31.0 Å². The van der Waals surface area contributed by atoms with Crippen molar-refractivity contribution in [3.8, 4) is 0 Å². The molecule has 5 heteroatoms. The first-order valence-corrected chi connectivity index (χ1v) is 7.27. The van der Waals surface area contributed by atoms with E-state index < -0.39 is 0 Å². The zero-order valence-electron chi connectivity index (χ0n) is 9.88. The lowest BCUT2D eigenvalue weighted by atomic mass is 10.2. The van der Waals surface area contributed by atoms with E-state index in [0.29, 0.717) is 0 Å². The van der Waals surface area contributed by atoms with Crippen LogP contribution >= 0.6 is 27.7 Å². The van der Waals surface area contributed by atoms with Crippen molar-refractivity contribution in [3.05, 3.63) is 53.3 Å². The molecular formula is C14H10BrN3S. The summed E-state index contributed by atoms with van der Waals surface area (Å²) in [5, 5.41) is 1.89. The molecule has 2 aromatic heterocycles. The lowest BCUT2D eigenvalue weighted by molar-refractivity contribution is 1.12. The van der Waals surface area contributed by atoms with Crippen LogP contribution in [0.4, 0.5) is 5.69 Å². The van der Waals surface area contributed by atoms with Crippen molar-refractivity contribution in [1.29, 1.82) is 0 Å². The van der Waals surface area contributed by atoms with Crippen LogP contribution < -0.4 is 5.73 Å². The van der Waals surface area contributed by atoms with Gasteiger partial charge in [-0.25, -0.2) is 4.98 Å². The molecule has 0 bridgehead atoms. The van der Waals surface area contributed by atoms with Gasteiger partial charge in [0.25, 0.3) is 0 Å². The Hall–Kier alpha value is -1.59. The van der Waals surface area contributed by atoms with Gasteiger partial charge in [-0.2, -0.15) is 0 Å². The minimum absolute atomic E-state index is 0.750. The summed E-state index contributed by atoms with van der Waals surface area (Å²) in [6.07, 6.45) is 3.55. The molecule has 1 aromatic carbocycles. The smallest absolute Gasteiger partial charge is 0.101 e. The van der Waals surface area contributed by atoms with E-state index in [4.69, 9.17) is 5.73 Å².